The molecule has 0 aromatic carbocycles. The molecule has 0 aromatic rings. The second kappa shape index (κ2) is 3.80. The van der Waals surface area contributed by atoms with Crippen LogP contribution in [0.1, 0.15) is 46.0 Å². The van der Waals surface area contributed by atoms with Gasteiger partial charge < -0.3 is 0 Å². The molecule has 1 aliphatic carbocycles. The number of hydrogen-bond donors (Lipinski definition) is 0. The smallest absolute Gasteiger partial charge is 0.0203 e. The summed E-state index contributed by atoms with van der Waals surface area (Å²) < 4.78 is 0. The van der Waals surface area contributed by atoms with Gasteiger partial charge in [0.2, 0.25) is 0 Å². The summed E-state index contributed by atoms with van der Waals surface area (Å²) >= 11 is 0. The van der Waals surface area contributed by atoms with E-state index in [1.165, 1.54) is 32.1 Å². The van der Waals surface area contributed by atoms with Gasteiger partial charge in [-0.15, -0.1) is 0 Å². The minimum Gasteiger partial charge on any atom is -0.0882 e. The normalized spacial score (nSPS) is 22.0. The first-order valence-electron chi connectivity index (χ1n) is 4.53. The molecule has 1 aliphatic rings. The van der Waals surface area contributed by atoms with Crippen molar-refractivity contribution in [3.63, 3.8) is 0 Å². The second-order valence-electron chi connectivity index (χ2n) is 3.20. The third-order valence-electron chi connectivity index (χ3n) is 2.66. The van der Waals surface area contributed by atoms with Gasteiger partial charge in [0.05, 0.1) is 0 Å². The standard InChI is InChI=1S/C10H18/c1-3-9(4-2)10-7-5-6-8-10/h3,10H,4-8H2,1-2H3. The van der Waals surface area contributed by atoms with Crippen molar-refractivity contribution in [2.75, 3.05) is 0 Å². The molecule has 0 aromatic heterocycles. The van der Waals surface area contributed by atoms with Crippen LogP contribution in [0, 0.1) is 5.92 Å². The van der Waals surface area contributed by atoms with Crippen LogP contribution in [0.3, 0.4) is 0 Å². The molecular formula is C10H18. The predicted molar refractivity (Wildman–Crippen MR) is 46.0 cm³/mol. The maximum absolute atomic E-state index is 2.32. The molecule has 0 N–H and O–H groups in total. The van der Waals surface area contributed by atoms with Crippen molar-refractivity contribution in [2.45, 2.75) is 46.0 Å². The van der Waals surface area contributed by atoms with E-state index < -0.39 is 0 Å². The molecule has 10 heavy (non-hydrogen) atoms. The Morgan fingerprint density at radius 2 is 2.00 bits per heavy atom. The van der Waals surface area contributed by atoms with Crippen LogP contribution in [0.2, 0.25) is 0 Å². The fourth-order valence-electron chi connectivity index (χ4n) is 2.03. The van der Waals surface area contributed by atoms with Crippen LogP contribution in [0.5, 0.6) is 0 Å². The van der Waals surface area contributed by atoms with Gasteiger partial charge >= 0.3 is 0 Å². The summed E-state index contributed by atoms with van der Waals surface area (Å²) in [4.78, 5) is 0. The van der Waals surface area contributed by atoms with Gasteiger partial charge in [0.1, 0.15) is 0 Å². The van der Waals surface area contributed by atoms with Gasteiger partial charge in [-0.2, -0.15) is 0 Å². The fraction of sp³-hybridized carbons (Fsp3) is 0.800. The Morgan fingerprint density at radius 3 is 2.40 bits per heavy atom. The topological polar surface area (TPSA) is 0 Å². The van der Waals surface area contributed by atoms with E-state index in [-0.39, 0.29) is 0 Å². The SMILES string of the molecule is CC=C(CC)C1CCCC1. The van der Waals surface area contributed by atoms with Crippen molar-refractivity contribution in [1.29, 1.82) is 0 Å². The molecule has 0 aliphatic heterocycles. The summed E-state index contributed by atoms with van der Waals surface area (Å²) in [6.07, 6.45) is 9.40. The van der Waals surface area contributed by atoms with Crippen LogP contribution in [0.15, 0.2) is 11.6 Å². The Kier molecular flexibility index (Phi) is 2.98. The average Bonchev–Trinajstić information content (AvgIpc) is 2.43. The van der Waals surface area contributed by atoms with Crippen LogP contribution in [0.25, 0.3) is 0 Å². The molecule has 0 amide bonds. The van der Waals surface area contributed by atoms with E-state index in [4.69, 9.17) is 0 Å². The Morgan fingerprint density at radius 1 is 1.40 bits per heavy atom. The van der Waals surface area contributed by atoms with Gasteiger partial charge in [-0.3, -0.25) is 0 Å². The van der Waals surface area contributed by atoms with Crippen molar-refractivity contribution in [2.24, 2.45) is 5.92 Å². The highest BCUT2D eigenvalue weighted by molar-refractivity contribution is 5.06. The largest absolute Gasteiger partial charge is 0.0882 e. The van der Waals surface area contributed by atoms with Crippen LogP contribution >= 0.6 is 0 Å². The average molecular weight is 138 g/mol. The molecule has 0 bridgehead atoms. The first-order valence-corrected chi connectivity index (χ1v) is 4.53. The highest BCUT2D eigenvalue weighted by Crippen LogP contribution is 2.32. The van der Waals surface area contributed by atoms with Crippen LogP contribution in [-0.4, -0.2) is 0 Å². The van der Waals surface area contributed by atoms with E-state index >= 15 is 0 Å². The lowest BCUT2D eigenvalue weighted by atomic mass is 9.95. The number of hydrogen-bond acceptors (Lipinski definition) is 0. The Hall–Kier alpha value is -0.260. The fourth-order valence-corrected chi connectivity index (χ4v) is 2.03. The van der Waals surface area contributed by atoms with Gasteiger partial charge in [-0.25, -0.2) is 0 Å². The molecule has 1 rings (SSSR count). The summed E-state index contributed by atoms with van der Waals surface area (Å²) in [5, 5.41) is 0. The zero-order valence-corrected chi connectivity index (χ0v) is 7.19. The third kappa shape index (κ3) is 1.62. The van der Waals surface area contributed by atoms with Gasteiger partial charge in [0, 0.05) is 0 Å². The highest BCUT2D eigenvalue weighted by Gasteiger charge is 2.16. The molecule has 1 saturated carbocycles. The maximum atomic E-state index is 2.32. The van der Waals surface area contributed by atoms with Crippen molar-refractivity contribution in [3.05, 3.63) is 11.6 Å². The predicted octanol–water partition coefficient (Wildman–Crippen LogP) is 3.53. The summed E-state index contributed by atoms with van der Waals surface area (Å²) in [6, 6.07) is 0. The summed E-state index contributed by atoms with van der Waals surface area (Å²) in [5.74, 6) is 0.954. The molecule has 0 heteroatoms. The lowest BCUT2D eigenvalue weighted by molar-refractivity contribution is 0.619. The van der Waals surface area contributed by atoms with Crippen LogP contribution < -0.4 is 0 Å². The monoisotopic (exact) mass is 138 g/mol. The lowest BCUT2D eigenvalue weighted by Gasteiger charge is -2.10. The van der Waals surface area contributed by atoms with Gasteiger partial charge in [-0.1, -0.05) is 31.4 Å². The molecule has 0 unspecified atom stereocenters. The molecule has 0 saturated heterocycles. The van der Waals surface area contributed by atoms with E-state index in [1.807, 2.05) is 0 Å². The minimum absolute atomic E-state index is 0.954. The van der Waals surface area contributed by atoms with E-state index in [2.05, 4.69) is 19.9 Å². The zero-order valence-electron chi connectivity index (χ0n) is 7.19. The first kappa shape index (κ1) is 7.84. The minimum atomic E-state index is 0.954. The molecule has 0 atom stereocenters. The Bertz CT molecular complexity index is 116. The molecule has 0 nitrogen and oxygen atoms in total. The van der Waals surface area contributed by atoms with Crippen LogP contribution in [0.4, 0.5) is 0 Å². The Labute approximate surface area is 64.3 Å². The molecule has 1 fully saturated rings. The molecular weight excluding hydrogens is 120 g/mol. The quantitative estimate of drug-likeness (QED) is 0.512. The maximum Gasteiger partial charge on any atom is -0.0203 e. The molecule has 0 spiro atoms. The molecule has 0 heterocycles. The van der Waals surface area contributed by atoms with E-state index in [9.17, 15) is 0 Å². The van der Waals surface area contributed by atoms with Crippen molar-refractivity contribution >= 4 is 0 Å². The van der Waals surface area contributed by atoms with Crippen molar-refractivity contribution < 1.29 is 0 Å². The first-order chi connectivity index (χ1) is 4.88. The van der Waals surface area contributed by atoms with E-state index in [0.29, 0.717) is 0 Å². The van der Waals surface area contributed by atoms with Gasteiger partial charge in [0.25, 0.3) is 0 Å². The third-order valence-corrected chi connectivity index (χ3v) is 2.66. The number of allylic oxidation sites excluding steroid dienone is 2. The summed E-state index contributed by atoms with van der Waals surface area (Å²) in [7, 11) is 0. The zero-order chi connectivity index (χ0) is 7.40. The molecule has 58 valence electrons. The van der Waals surface area contributed by atoms with Gasteiger partial charge in [-0.05, 0) is 32.1 Å². The van der Waals surface area contributed by atoms with Crippen molar-refractivity contribution in [1.82, 2.24) is 0 Å². The van der Waals surface area contributed by atoms with E-state index in [1.54, 1.807) is 5.57 Å². The van der Waals surface area contributed by atoms with E-state index in [0.717, 1.165) is 5.92 Å². The summed E-state index contributed by atoms with van der Waals surface area (Å²) in [5.41, 5.74) is 1.69. The Balaban J connectivity index is 2.45. The summed E-state index contributed by atoms with van der Waals surface area (Å²) in [6.45, 7) is 4.45. The lowest BCUT2D eigenvalue weighted by Crippen LogP contribution is -1.96. The second-order valence-corrected chi connectivity index (χ2v) is 3.20. The number of rotatable bonds is 2. The van der Waals surface area contributed by atoms with Crippen LogP contribution in [-0.2, 0) is 0 Å². The van der Waals surface area contributed by atoms with Gasteiger partial charge in [0.15, 0.2) is 0 Å². The highest BCUT2D eigenvalue weighted by atomic mass is 14.2. The van der Waals surface area contributed by atoms with Crippen molar-refractivity contribution in [3.8, 4) is 0 Å². The molecule has 0 radical (unpaired) electrons.